The van der Waals surface area contributed by atoms with Gasteiger partial charge in [-0.2, -0.15) is 0 Å². The number of benzene rings is 1. The quantitative estimate of drug-likeness (QED) is 0.443. The molecular formula is C18H29IN4O. The van der Waals surface area contributed by atoms with E-state index >= 15 is 0 Å². The maximum Gasteiger partial charge on any atom is 0.253 e. The molecule has 0 radical (unpaired) electrons. The molecule has 1 aliphatic rings. The second-order valence-corrected chi connectivity index (χ2v) is 7.13. The van der Waals surface area contributed by atoms with E-state index in [-0.39, 0.29) is 29.9 Å². The van der Waals surface area contributed by atoms with Gasteiger partial charge < -0.3 is 15.1 Å². The molecule has 0 saturated carbocycles. The molecule has 1 amide bonds. The number of halogens is 1. The largest absolute Gasteiger partial charge is 0.352 e. The van der Waals surface area contributed by atoms with Crippen molar-refractivity contribution in [1.29, 1.82) is 0 Å². The van der Waals surface area contributed by atoms with Gasteiger partial charge in [0.05, 0.1) is 0 Å². The van der Waals surface area contributed by atoms with Crippen molar-refractivity contribution in [3.05, 3.63) is 35.4 Å². The number of nitrogens with one attached hydrogen (secondary N) is 1. The van der Waals surface area contributed by atoms with Gasteiger partial charge in [-0.15, -0.1) is 24.0 Å². The standard InChI is InChI=1S/C18H28N4O.HI/c1-18(2)10-11-22(13-18)17(19-3)20-12-14-6-8-15(9-7-14)16(23)21(4)5;/h6-9H,10-13H2,1-5H3,(H,19,20);1H. The summed E-state index contributed by atoms with van der Waals surface area (Å²) >= 11 is 0. The van der Waals surface area contributed by atoms with E-state index in [2.05, 4.69) is 29.1 Å². The Hall–Kier alpha value is -1.31. The lowest BCUT2D eigenvalue weighted by molar-refractivity contribution is 0.0827. The third kappa shape index (κ3) is 5.36. The van der Waals surface area contributed by atoms with Crippen LogP contribution in [0.15, 0.2) is 29.3 Å². The van der Waals surface area contributed by atoms with Crippen molar-refractivity contribution in [2.75, 3.05) is 34.2 Å². The molecular weight excluding hydrogens is 415 g/mol. The normalized spacial score (nSPS) is 16.5. The number of amides is 1. The van der Waals surface area contributed by atoms with E-state index in [1.54, 1.807) is 19.0 Å². The molecule has 24 heavy (non-hydrogen) atoms. The van der Waals surface area contributed by atoms with E-state index in [1.807, 2.05) is 31.3 Å². The highest BCUT2D eigenvalue weighted by Gasteiger charge is 2.30. The van der Waals surface area contributed by atoms with E-state index in [9.17, 15) is 4.79 Å². The highest BCUT2D eigenvalue weighted by Crippen LogP contribution is 2.28. The van der Waals surface area contributed by atoms with Gasteiger partial charge in [-0.3, -0.25) is 9.79 Å². The lowest BCUT2D eigenvalue weighted by Crippen LogP contribution is -2.40. The maximum absolute atomic E-state index is 11.9. The number of nitrogens with zero attached hydrogens (tertiary/aromatic N) is 3. The lowest BCUT2D eigenvalue weighted by atomic mass is 9.93. The number of carbonyl (C=O) groups excluding carboxylic acids is 1. The lowest BCUT2D eigenvalue weighted by Gasteiger charge is -2.23. The molecule has 0 aliphatic carbocycles. The first-order valence-corrected chi connectivity index (χ1v) is 8.08. The van der Waals surface area contributed by atoms with E-state index in [1.165, 1.54) is 6.42 Å². The van der Waals surface area contributed by atoms with Crippen LogP contribution in [0.4, 0.5) is 0 Å². The Labute approximate surface area is 162 Å². The number of carbonyl (C=O) groups is 1. The van der Waals surface area contributed by atoms with Crippen molar-refractivity contribution in [3.63, 3.8) is 0 Å². The maximum atomic E-state index is 11.9. The van der Waals surface area contributed by atoms with Gasteiger partial charge in [0.2, 0.25) is 0 Å². The fourth-order valence-corrected chi connectivity index (χ4v) is 2.83. The molecule has 1 aliphatic heterocycles. The summed E-state index contributed by atoms with van der Waals surface area (Å²) in [6, 6.07) is 7.73. The van der Waals surface area contributed by atoms with Crippen LogP contribution in [0, 0.1) is 5.41 Å². The zero-order valence-corrected chi connectivity index (χ0v) is 17.6. The van der Waals surface area contributed by atoms with Gasteiger partial charge in [0.25, 0.3) is 5.91 Å². The predicted molar refractivity (Wildman–Crippen MR) is 110 cm³/mol. The number of likely N-dealkylation sites (tertiary alicyclic amines) is 1. The predicted octanol–water partition coefficient (Wildman–Crippen LogP) is 2.81. The Bertz CT molecular complexity index is 581. The van der Waals surface area contributed by atoms with Crippen molar-refractivity contribution >= 4 is 35.8 Å². The molecule has 1 aromatic carbocycles. The number of aliphatic imine (C=N–C) groups is 1. The Morgan fingerprint density at radius 3 is 2.38 bits per heavy atom. The molecule has 1 fully saturated rings. The molecule has 1 aromatic rings. The number of rotatable bonds is 3. The smallest absolute Gasteiger partial charge is 0.253 e. The summed E-state index contributed by atoms with van der Waals surface area (Å²) in [5.41, 5.74) is 2.20. The zero-order chi connectivity index (χ0) is 17.0. The van der Waals surface area contributed by atoms with Gasteiger partial charge in [-0.05, 0) is 29.5 Å². The first-order chi connectivity index (χ1) is 10.8. The molecule has 0 bridgehead atoms. The van der Waals surface area contributed by atoms with Crippen molar-refractivity contribution < 1.29 is 4.79 Å². The zero-order valence-electron chi connectivity index (χ0n) is 15.3. The Morgan fingerprint density at radius 2 is 1.92 bits per heavy atom. The van der Waals surface area contributed by atoms with Gasteiger partial charge in [0.15, 0.2) is 5.96 Å². The summed E-state index contributed by atoms with van der Waals surface area (Å²) in [6.07, 6.45) is 1.19. The van der Waals surface area contributed by atoms with Crippen LogP contribution in [-0.4, -0.2) is 55.9 Å². The van der Waals surface area contributed by atoms with E-state index in [0.717, 1.165) is 24.6 Å². The molecule has 1 heterocycles. The molecule has 0 spiro atoms. The fourth-order valence-electron chi connectivity index (χ4n) is 2.83. The summed E-state index contributed by atoms with van der Waals surface area (Å²) in [5.74, 6) is 0.976. The molecule has 1 saturated heterocycles. The highest BCUT2D eigenvalue weighted by molar-refractivity contribution is 14.0. The topological polar surface area (TPSA) is 47.9 Å². The first-order valence-electron chi connectivity index (χ1n) is 8.08. The average molecular weight is 444 g/mol. The van der Waals surface area contributed by atoms with Crippen molar-refractivity contribution in [1.82, 2.24) is 15.1 Å². The van der Waals surface area contributed by atoms with Gasteiger partial charge in [-0.25, -0.2) is 0 Å². The monoisotopic (exact) mass is 444 g/mol. The van der Waals surface area contributed by atoms with E-state index < -0.39 is 0 Å². The van der Waals surface area contributed by atoms with Crippen molar-refractivity contribution in [3.8, 4) is 0 Å². The van der Waals surface area contributed by atoms with Crippen LogP contribution in [-0.2, 0) is 6.54 Å². The Kier molecular flexibility index (Phi) is 7.51. The van der Waals surface area contributed by atoms with Crippen LogP contribution >= 0.6 is 24.0 Å². The highest BCUT2D eigenvalue weighted by atomic mass is 127. The van der Waals surface area contributed by atoms with E-state index in [4.69, 9.17) is 0 Å². The summed E-state index contributed by atoms with van der Waals surface area (Å²) < 4.78 is 0. The molecule has 0 aromatic heterocycles. The van der Waals surface area contributed by atoms with Crippen LogP contribution in [0.5, 0.6) is 0 Å². The summed E-state index contributed by atoms with van der Waals surface area (Å²) in [5, 5.41) is 3.42. The van der Waals surface area contributed by atoms with Crippen molar-refractivity contribution in [2.24, 2.45) is 10.4 Å². The summed E-state index contributed by atoms with van der Waals surface area (Å²) in [7, 11) is 5.35. The minimum absolute atomic E-state index is 0. The van der Waals surface area contributed by atoms with Crippen LogP contribution < -0.4 is 5.32 Å². The van der Waals surface area contributed by atoms with Crippen molar-refractivity contribution in [2.45, 2.75) is 26.8 Å². The third-order valence-electron chi connectivity index (χ3n) is 4.25. The van der Waals surface area contributed by atoms with Gasteiger partial charge in [0, 0.05) is 46.3 Å². The Morgan fingerprint density at radius 1 is 1.29 bits per heavy atom. The first kappa shape index (κ1) is 20.7. The van der Waals surface area contributed by atoms with E-state index in [0.29, 0.717) is 17.5 Å². The minimum atomic E-state index is 0. The third-order valence-corrected chi connectivity index (χ3v) is 4.25. The molecule has 6 heteroatoms. The van der Waals surface area contributed by atoms with Crippen LogP contribution in [0.3, 0.4) is 0 Å². The second kappa shape index (κ2) is 8.69. The summed E-state index contributed by atoms with van der Waals surface area (Å²) in [4.78, 5) is 20.2. The summed E-state index contributed by atoms with van der Waals surface area (Å²) in [6.45, 7) is 7.37. The molecule has 2 rings (SSSR count). The van der Waals surface area contributed by atoms with Crippen LogP contribution in [0.2, 0.25) is 0 Å². The van der Waals surface area contributed by atoms with Gasteiger partial charge >= 0.3 is 0 Å². The fraction of sp³-hybridized carbons (Fsp3) is 0.556. The molecule has 5 nitrogen and oxygen atoms in total. The number of hydrogen-bond acceptors (Lipinski definition) is 2. The number of hydrogen-bond donors (Lipinski definition) is 1. The van der Waals surface area contributed by atoms with Gasteiger partial charge in [0.1, 0.15) is 0 Å². The van der Waals surface area contributed by atoms with Crippen LogP contribution in [0.1, 0.15) is 36.2 Å². The number of guanidine groups is 1. The Balaban J connectivity index is 0.00000288. The average Bonchev–Trinajstić information content (AvgIpc) is 2.87. The second-order valence-electron chi connectivity index (χ2n) is 7.13. The molecule has 0 unspecified atom stereocenters. The minimum Gasteiger partial charge on any atom is -0.352 e. The molecule has 134 valence electrons. The molecule has 0 atom stereocenters. The SMILES string of the molecule is CN=C(NCc1ccc(C(=O)N(C)C)cc1)N1CCC(C)(C)C1.I. The van der Waals surface area contributed by atoms with Crippen LogP contribution in [0.25, 0.3) is 0 Å². The van der Waals surface area contributed by atoms with Gasteiger partial charge in [-0.1, -0.05) is 26.0 Å². The molecule has 1 N–H and O–H groups in total.